The maximum atomic E-state index is 12.9. The first kappa shape index (κ1) is 24.3. The van der Waals surface area contributed by atoms with Crippen molar-refractivity contribution in [1.82, 2.24) is 5.43 Å². The molecule has 0 radical (unpaired) electrons. The van der Waals surface area contributed by atoms with Gasteiger partial charge in [0.15, 0.2) is 0 Å². The van der Waals surface area contributed by atoms with Crippen molar-refractivity contribution in [3.8, 4) is 11.5 Å². The highest BCUT2D eigenvalue weighted by molar-refractivity contribution is 6.36. The summed E-state index contributed by atoms with van der Waals surface area (Å²) < 4.78 is 5.66. The highest BCUT2D eigenvalue weighted by Crippen LogP contribution is 2.29. The Balaban J connectivity index is 1.45. The van der Waals surface area contributed by atoms with Crippen molar-refractivity contribution >= 4 is 62.8 Å². The highest BCUT2D eigenvalue weighted by Gasteiger charge is 2.17. The second-order valence-corrected chi connectivity index (χ2v) is 8.97. The summed E-state index contributed by atoms with van der Waals surface area (Å²) in [5, 5.41) is 18.2. The summed E-state index contributed by atoms with van der Waals surface area (Å²) in [5.41, 5.74) is 3.15. The fraction of sp³-hybridized carbons (Fsp3) is 0. The molecule has 0 heterocycles. The lowest BCUT2D eigenvalue weighted by atomic mass is 10.0. The second kappa shape index (κ2) is 10.3. The molecule has 37 heavy (non-hydrogen) atoms. The number of ether oxygens (including phenoxy) is 1. The third kappa shape index (κ3) is 5.11. The van der Waals surface area contributed by atoms with Gasteiger partial charge in [0.05, 0.1) is 22.4 Å². The molecule has 0 bridgehead atoms. The van der Waals surface area contributed by atoms with Crippen molar-refractivity contribution < 1.29 is 19.4 Å². The zero-order valence-corrected chi connectivity index (χ0v) is 20.6. The third-order valence-electron chi connectivity index (χ3n) is 5.75. The van der Waals surface area contributed by atoms with E-state index in [0.717, 1.165) is 21.5 Å². The molecule has 1 amide bonds. The van der Waals surface area contributed by atoms with Gasteiger partial charge >= 0.3 is 5.97 Å². The zero-order chi connectivity index (χ0) is 25.9. The van der Waals surface area contributed by atoms with Crippen molar-refractivity contribution in [3.05, 3.63) is 118 Å². The molecule has 0 aromatic heterocycles. The molecule has 2 N–H and O–H groups in total. The van der Waals surface area contributed by atoms with Gasteiger partial charge in [-0.1, -0.05) is 77.8 Å². The summed E-state index contributed by atoms with van der Waals surface area (Å²) >= 11 is 12.1. The lowest BCUT2D eigenvalue weighted by Gasteiger charge is -2.11. The van der Waals surface area contributed by atoms with E-state index in [2.05, 4.69) is 10.5 Å². The van der Waals surface area contributed by atoms with Crippen LogP contribution in [0.5, 0.6) is 11.5 Å². The van der Waals surface area contributed by atoms with Crippen molar-refractivity contribution in [1.29, 1.82) is 0 Å². The average molecular weight is 529 g/mol. The Kier molecular flexibility index (Phi) is 6.77. The number of esters is 1. The molecule has 0 atom stereocenters. The molecular formula is C29H18Cl2N2O4. The van der Waals surface area contributed by atoms with Crippen LogP contribution in [0.1, 0.15) is 26.3 Å². The lowest BCUT2D eigenvalue weighted by Crippen LogP contribution is -2.18. The van der Waals surface area contributed by atoms with Crippen LogP contribution in [0.2, 0.25) is 10.0 Å². The molecule has 0 spiro atoms. The largest absolute Gasteiger partial charge is 0.507 e. The number of phenolic OH excluding ortho intramolecular Hbond substituents is 1. The monoisotopic (exact) mass is 528 g/mol. The highest BCUT2D eigenvalue weighted by atomic mass is 35.5. The van der Waals surface area contributed by atoms with Crippen LogP contribution in [0, 0.1) is 0 Å². The summed E-state index contributed by atoms with van der Waals surface area (Å²) in [6, 6.07) is 25.9. The van der Waals surface area contributed by atoms with E-state index in [1.165, 1.54) is 24.4 Å². The SMILES string of the molecule is O=C(NN=Cc1c(OC(=O)c2ccc(Cl)cc2Cl)ccc2ccccc12)c1cc2ccccc2cc1O. The van der Waals surface area contributed by atoms with Gasteiger partial charge in [-0.15, -0.1) is 0 Å². The minimum Gasteiger partial charge on any atom is -0.507 e. The number of carbonyl (C=O) groups excluding carboxylic acids is 2. The average Bonchev–Trinajstić information content (AvgIpc) is 2.89. The van der Waals surface area contributed by atoms with Crippen LogP contribution in [-0.4, -0.2) is 23.2 Å². The van der Waals surface area contributed by atoms with Crippen LogP contribution in [0.3, 0.4) is 0 Å². The summed E-state index contributed by atoms with van der Waals surface area (Å²) in [7, 11) is 0. The Morgan fingerprint density at radius 3 is 2.27 bits per heavy atom. The summed E-state index contributed by atoms with van der Waals surface area (Å²) in [5.74, 6) is -1.20. The quantitative estimate of drug-likeness (QED) is 0.111. The number of aromatic hydroxyl groups is 1. The summed E-state index contributed by atoms with van der Waals surface area (Å²) in [4.78, 5) is 25.6. The Hall–Kier alpha value is -4.39. The molecule has 0 saturated carbocycles. The van der Waals surface area contributed by atoms with Gasteiger partial charge < -0.3 is 9.84 Å². The summed E-state index contributed by atoms with van der Waals surface area (Å²) in [6.07, 6.45) is 1.39. The van der Waals surface area contributed by atoms with Crippen molar-refractivity contribution in [2.75, 3.05) is 0 Å². The minimum absolute atomic E-state index is 0.0813. The number of rotatable bonds is 5. The molecule has 0 aliphatic rings. The van der Waals surface area contributed by atoms with Gasteiger partial charge in [0.2, 0.25) is 0 Å². The molecule has 0 unspecified atom stereocenters. The van der Waals surface area contributed by atoms with Crippen LogP contribution in [0.25, 0.3) is 21.5 Å². The van der Waals surface area contributed by atoms with Crippen LogP contribution in [0.15, 0.2) is 96.1 Å². The number of carbonyl (C=O) groups is 2. The number of benzene rings is 5. The second-order valence-electron chi connectivity index (χ2n) is 8.13. The van der Waals surface area contributed by atoms with Crippen molar-refractivity contribution in [2.24, 2.45) is 5.10 Å². The first-order valence-corrected chi connectivity index (χ1v) is 11.9. The van der Waals surface area contributed by atoms with Gasteiger partial charge in [0.1, 0.15) is 11.5 Å². The van der Waals surface area contributed by atoms with Crippen molar-refractivity contribution in [3.63, 3.8) is 0 Å². The van der Waals surface area contributed by atoms with Gasteiger partial charge in [-0.05, 0) is 57.9 Å². The van der Waals surface area contributed by atoms with E-state index in [9.17, 15) is 14.7 Å². The minimum atomic E-state index is -0.670. The Morgan fingerprint density at radius 1 is 0.811 bits per heavy atom. The predicted molar refractivity (Wildman–Crippen MR) is 146 cm³/mol. The number of hydrazone groups is 1. The fourth-order valence-corrected chi connectivity index (χ4v) is 4.42. The Bertz CT molecular complexity index is 1720. The number of halogens is 2. The normalized spacial score (nSPS) is 11.2. The number of hydrogen-bond donors (Lipinski definition) is 2. The molecule has 5 rings (SSSR count). The first-order chi connectivity index (χ1) is 17.9. The number of hydrogen-bond acceptors (Lipinski definition) is 5. The fourth-order valence-electron chi connectivity index (χ4n) is 3.93. The predicted octanol–water partition coefficient (Wildman–Crippen LogP) is 6.99. The molecule has 5 aromatic rings. The molecule has 182 valence electrons. The molecule has 0 aliphatic carbocycles. The van der Waals surface area contributed by atoms with Gasteiger partial charge in [-0.3, -0.25) is 4.79 Å². The number of nitrogens with one attached hydrogen (secondary N) is 1. The van der Waals surface area contributed by atoms with E-state index in [1.54, 1.807) is 18.2 Å². The molecular weight excluding hydrogens is 511 g/mol. The zero-order valence-electron chi connectivity index (χ0n) is 19.1. The van der Waals surface area contributed by atoms with Crippen LogP contribution in [0.4, 0.5) is 0 Å². The van der Waals surface area contributed by atoms with Crippen molar-refractivity contribution in [2.45, 2.75) is 0 Å². The van der Waals surface area contributed by atoms with Gasteiger partial charge in [-0.2, -0.15) is 5.10 Å². The molecule has 0 saturated heterocycles. The number of amides is 1. The molecule has 5 aromatic carbocycles. The number of phenols is 1. The van der Waals surface area contributed by atoms with Crippen LogP contribution < -0.4 is 10.2 Å². The maximum Gasteiger partial charge on any atom is 0.345 e. The topological polar surface area (TPSA) is 88.0 Å². The van der Waals surface area contributed by atoms with E-state index in [1.807, 2.05) is 54.6 Å². The number of nitrogens with zero attached hydrogens (tertiary/aromatic N) is 1. The maximum absolute atomic E-state index is 12.9. The lowest BCUT2D eigenvalue weighted by molar-refractivity contribution is 0.0734. The van der Waals surface area contributed by atoms with E-state index >= 15 is 0 Å². The van der Waals surface area contributed by atoms with E-state index < -0.39 is 11.9 Å². The Labute approximate surface area is 221 Å². The van der Waals surface area contributed by atoms with Gasteiger partial charge in [0, 0.05) is 10.6 Å². The smallest absolute Gasteiger partial charge is 0.345 e. The third-order valence-corrected chi connectivity index (χ3v) is 6.30. The van der Waals surface area contributed by atoms with Gasteiger partial charge in [0.25, 0.3) is 5.91 Å². The van der Waals surface area contributed by atoms with E-state index in [0.29, 0.717) is 10.6 Å². The summed E-state index contributed by atoms with van der Waals surface area (Å²) in [6.45, 7) is 0. The van der Waals surface area contributed by atoms with E-state index in [-0.39, 0.29) is 27.6 Å². The molecule has 0 aliphatic heterocycles. The standard InChI is InChI=1S/C29H18Cl2N2O4/c30-20-10-11-22(25(31)15-20)29(36)37-27-12-9-17-5-3-4-8-21(17)24(27)16-32-33-28(35)23-13-18-6-1-2-7-19(18)14-26(23)34/h1-16,34H,(H,33,35). The Morgan fingerprint density at radius 2 is 1.51 bits per heavy atom. The first-order valence-electron chi connectivity index (χ1n) is 11.1. The number of fused-ring (bicyclic) bond motifs is 2. The molecule has 0 fully saturated rings. The molecule has 8 heteroatoms. The van der Waals surface area contributed by atoms with Crippen LogP contribution >= 0.6 is 23.2 Å². The molecule has 6 nitrogen and oxygen atoms in total. The van der Waals surface area contributed by atoms with Gasteiger partial charge in [-0.25, -0.2) is 10.2 Å². The van der Waals surface area contributed by atoms with Crippen LogP contribution in [-0.2, 0) is 0 Å². The van der Waals surface area contributed by atoms with E-state index in [4.69, 9.17) is 27.9 Å².